The van der Waals surface area contributed by atoms with Crippen LogP contribution in [0.15, 0.2) is 40.4 Å². The first-order chi connectivity index (χ1) is 8.63. The average molecular weight is 245 g/mol. The standard InChI is InChI=1S/C13H15N3O2/c1-15(2)8-9-16-7-6-10-11(13(16)17)4-3-5-12(10)14-18/h3-7H,8-9H2,1-2H3. The summed E-state index contributed by atoms with van der Waals surface area (Å²) < 4.78 is 1.65. The fourth-order valence-corrected chi connectivity index (χ4v) is 1.87. The fourth-order valence-electron chi connectivity index (χ4n) is 1.87. The third kappa shape index (κ3) is 2.31. The first kappa shape index (κ1) is 12.4. The van der Waals surface area contributed by atoms with E-state index in [1.807, 2.05) is 19.0 Å². The van der Waals surface area contributed by atoms with Gasteiger partial charge in [0, 0.05) is 30.1 Å². The first-order valence-electron chi connectivity index (χ1n) is 5.74. The van der Waals surface area contributed by atoms with E-state index in [0.717, 1.165) is 6.54 Å². The van der Waals surface area contributed by atoms with Crippen LogP contribution < -0.4 is 5.56 Å². The van der Waals surface area contributed by atoms with Gasteiger partial charge in [0.05, 0.1) is 0 Å². The molecule has 0 atom stereocenters. The molecule has 0 bridgehead atoms. The van der Waals surface area contributed by atoms with E-state index in [9.17, 15) is 9.70 Å². The van der Waals surface area contributed by atoms with Crippen LogP contribution in [0.5, 0.6) is 0 Å². The van der Waals surface area contributed by atoms with E-state index >= 15 is 0 Å². The highest BCUT2D eigenvalue weighted by molar-refractivity contribution is 5.91. The van der Waals surface area contributed by atoms with Crippen LogP contribution in [0.2, 0.25) is 0 Å². The van der Waals surface area contributed by atoms with Gasteiger partial charge in [-0.2, -0.15) is 0 Å². The lowest BCUT2D eigenvalue weighted by Gasteiger charge is -2.12. The number of benzene rings is 1. The summed E-state index contributed by atoms with van der Waals surface area (Å²) in [6, 6.07) is 6.78. The van der Waals surface area contributed by atoms with Gasteiger partial charge in [0.25, 0.3) is 5.56 Å². The molecule has 5 heteroatoms. The number of hydrogen-bond donors (Lipinski definition) is 0. The van der Waals surface area contributed by atoms with Gasteiger partial charge in [-0.25, -0.2) is 0 Å². The van der Waals surface area contributed by atoms with Crippen molar-refractivity contribution in [1.82, 2.24) is 9.47 Å². The van der Waals surface area contributed by atoms with Crippen LogP contribution in [-0.2, 0) is 6.54 Å². The van der Waals surface area contributed by atoms with E-state index < -0.39 is 0 Å². The molecule has 0 unspecified atom stereocenters. The second-order valence-corrected chi connectivity index (χ2v) is 4.45. The molecule has 1 heterocycles. The Morgan fingerprint density at radius 3 is 2.67 bits per heavy atom. The molecule has 0 radical (unpaired) electrons. The highest BCUT2D eigenvalue weighted by atomic mass is 16.3. The average Bonchev–Trinajstić information content (AvgIpc) is 2.37. The van der Waals surface area contributed by atoms with Gasteiger partial charge in [0.2, 0.25) is 0 Å². The van der Waals surface area contributed by atoms with Crippen LogP contribution in [0.25, 0.3) is 10.8 Å². The molecule has 94 valence electrons. The SMILES string of the molecule is CN(C)CCn1ccc2c(N=O)cccc2c1=O. The number of fused-ring (bicyclic) bond motifs is 1. The molecule has 0 aliphatic carbocycles. The van der Waals surface area contributed by atoms with Gasteiger partial charge in [0.1, 0.15) is 5.69 Å². The van der Waals surface area contributed by atoms with Crippen LogP contribution in [0, 0.1) is 4.91 Å². The zero-order chi connectivity index (χ0) is 13.1. The van der Waals surface area contributed by atoms with Crippen molar-refractivity contribution in [2.75, 3.05) is 20.6 Å². The molecular formula is C13H15N3O2. The zero-order valence-electron chi connectivity index (χ0n) is 10.5. The van der Waals surface area contributed by atoms with Gasteiger partial charge in [-0.3, -0.25) is 4.79 Å². The molecule has 2 rings (SSSR count). The van der Waals surface area contributed by atoms with Crippen molar-refractivity contribution >= 4 is 16.5 Å². The molecule has 0 fully saturated rings. The van der Waals surface area contributed by atoms with Gasteiger partial charge in [-0.05, 0) is 37.5 Å². The number of rotatable bonds is 4. The van der Waals surface area contributed by atoms with Crippen molar-refractivity contribution in [3.05, 3.63) is 45.7 Å². The Balaban J connectivity index is 2.51. The number of aromatic nitrogens is 1. The number of nitrogens with zero attached hydrogens (tertiary/aromatic N) is 3. The van der Waals surface area contributed by atoms with Crippen LogP contribution in [0.1, 0.15) is 0 Å². The third-order valence-electron chi connectivity index (χ3n) is 2.88. The van der Waals surface area contributed by atoms with Crippen LogP contribution >= 0.6 is 0 Å². The van der Waals surface area contributed by atoms with Crippen molar-refractivity contribution in [2.45, 2.75) is 6.54 Å². The zero-order valence-corrected chi connectivity index (χ0v) is 10.5. The van der Waals surface area contributed by atoms with E-state index in [1.165, 1.54) is 0 Å². The van der Waals surface area contributed by atoms with Gasteiger partial charge in [-0.15, -0.1) is 4.91 Å². The first-order valence-corrected chi connectivity index (χ1v) is 5.74. The van der Waals surface area contributed by atoms with Gasteiger partial charge in [0.15, 0.2) is 0 Å². The molecule has 18 heavy (non-hydrogen) atoms. The van der Waals surface area contributed by atoms with Crippen molar-refractivity contribution in [1.29, 1.82) is 0 Å². The molecule has 0 N–H and O–H groups in total. The third-order valence-corrected chi connectivity index (χ3v) is 2.88. The summed E-state index contributed by atoms with van der Waals surface area (Å²) in [6.07, 6.45) is 1.71. The van der Waals surface area contributed by atoms with Gasteiger partial charge >= 0.3 is 0 Å². The van der Waals surface area contributed by atoms with Crippen LogP contribution in [0.3, 0.4) is 0 Å². The number of nitroso groups, excluding NO2 is 1. The Morgan fingerprint density at radius 2 is 2.00 bits per heavy atom. The largest absolute Gasteiger partial charge is 0.314 e. The normalized spacial score (nSPS) is 11.1. The molecule has 1 aromatic carbocycles. The Bertz CT molecular complexity index is 632. The van der Waals surface area contributed by atoms with Crippen molar-refractivity contribution in [2.24, 2.45) is 5.18 Å². The molecule has 0 aliphatic rings. The maximum Gasteiger partial charge on any atom is 0.258 e. The van der Waals surface area contributed by atoms with E-state index in [4.69, 9.17) is 0 Å². The topological polar surface area (TPSA) is 54.7 Å². The lowest BCUT2D eigenvalue weighted by atomic mass is 10.1. The molecule has 0 aliphatic heterocycles. The summed E-state index contributed by atoms with van der Waals surface area (Å²) in [5, 5.41) is 4.08. The van der Waals surface area contributed by atoms with Crippen molar-refractivity contribution < 1.29 is 0 Å². The summed E-state index contributed by atoms with van der Waals surface area (Å²) >= 11 is 0. The van der Waals surface area contributed by atoms with Crippen molar-refractivity contribution in [3.63, 3.8) is 0 Å². The highest BCUT2D eigenvalue weighted by Gasteiger charge is 2.06. The molecule has 2 aromatic rings. The molecule has 0 saturated carbocycles. The number of likely N-dealkylation sites (N-methyl/N-ethyl adjacent to an activating group) is 1. The van der Waals surface area contributed by atoms with E-state index in [-0.39, 0.29) is 5.56 Å². The molecule has 1 aromatic heterocycles. The monoisotopic (exact) mass is 245 g/mol. The maximum absolute atomic E-state index is 12.2. The second kappa shape index (κ2) is 5.10. The predicted octanol–water partition coefficient (Wildman–Crippen LogP) is 1.96. The summed E-state index contributed by atoms with van der Waals surface area (Å²) in [4.78, 5) is 24.9. The molecular weight excluding hydrogens is 230 g/mol. The van der Waals surface area contributed by atoms with Gasteiger partial charge < -0.3 is 9.47 Å². The summed E-state index contributed by atoms with van der Waals surface area (Å²) in [7, 11) is 3.92. The minimum absolute atomic E-state index is 0.0835. The lowest BCUT2D eigenvalue weighted by molar-refractivity contribution is 0.381. The minimum atomic E-state index is -0.0835. The Kier molecular flexibility index (Phi) is 3.53. The van der Waals surface area contributed by atoms with E-state index in [1.54, 1.807) is 35.0 Å². The number of pyridine rings is 1. The Morgan fingerprint density at radius 1 is 1.22 bits per heavy atom. The summed E-state index contributed by atoms with van der Waals surface area (Å²) in [5.74, 6) is 0. The Labute approximate surface area is 105 Å². The van der Waals surface area contributed by atoms with Crippen LogP contribution in [-0.4, -0.2) is 30.1 Å². The molecule has 0 saturated heterocycles. The molecule has 5 nitrogen and oxygen atoms in total. The smallest absolute Gasteiger partial charge is 0.258 e. The van der Waals surface area contributed by atoms with Crippen LogP contribution in [0.4, 0.5) is 5.69 Å². The van der Waals surface area contributed by atoms with E-state index in [2.05, 4.69) is 5.18 Å². The summed E-state index contributed by atoms with van der Waals surface area (Å²) in [6.45, 7) is 1.41. The minimum Gasteiger partial charge on any atom is -0.314 e. The van der Waals surface area contributed by atoms with Crippen molar-refractivity contribution in [3.8, 4) is 0 Å². The quantitative estimate of drug-likeness (QED) is 0.774. The maximum atomic E-state index is 12.2. The molecule has 0 amide bonds. The van der Waals surface area contributed by atoms with E-state index in [0.29, 0.717) is 23.0 Å². The predicted molar refractivity (Wildman–Crippen MR) is 72.2 cm³/mol. The number of hydrogen-bond acceptors (Lipinski definition) is 4. The fraction of sp³-hybridized carbons (Fsp3) is 0.308. The molecule has 0 spiro atoms. The highest BCUT2D eigenvalue weighted by Crippen LogP contribution is 2.22. The lowest BCUT2D eigenvalue weighted by Crippen LogP contribution is -2.26. The van der Waals surface area contributed by atoms with Gasteiger partial charge in [-0.1, -0.05) is 6.07 Å². The summed E-state index contributed by atoms with van der Waals surface area (Å²) in [5.41, 5.74) is 0.226. The second-order valence-electron chi connectivity index (χ2n) is 4.45. The Hall–Kier alpha value is -2.01.